The quantitative estimate of drug-likeness (QED) is 0.776. The van der Waals surface area contributed by atoms with Crippen molar-refractivity contribution in [3.63, 3.8) is 0 Å². The van der Waals surface area contributed by atoms with Crippen LogP contribution < -0.4 is 0 Å². The fourth-order valence-electron chi connectivity index (χ4n) is 1.16. The second-order valence-corrected chi connectivity index (χ2v) is 4.01. The molecule has 1 aromatic heterocycles. The molecule has 0 aliphatic rings. The van der Waals surface area contributed by atoms with Gasteiger partial charge in [0.1, 0.15) is 5.69 Å². The Labute approximate surface area is 95.0 Å². The first kappa shape index (κ1) is 9.74. The number of hydrogen-bond acceptors (Lipinski definition) is 2. The highest BCUT2D eigenvalue weighted by Crippen LogP contribution is 2.22. The second kappa shape index (κ2) is 4.15. The molecule has 0 radical (unpaired) electrons. The van der Waals surface area contributed by atoms with Crippen LogP contribution in [0.3, 0.4) is 0 Å². The van der Waals surface area contributed by atoms with Crippen LogP contribution in [-0.4, -0.2) is 5.16 Å². The van der Waals surface area contributed by atoms with Gasteiger partial charge in [-0.25, -0.2) is 0 Å². The van der Waals surface area contributed by atoms with Gasteiger partial charge in [0.05, 0.1) is 5.88 Å². The normalized spacial score (nSPS) is 10.4. The molecule has 0 aliphatic carbocycles. The van der Waals surface area contributed by atoms with Crippen molar-refractivity contribution in [2.75, 3.05) is 0 Å². The van der Waals surface area contributed by atoms with Crippen LogP contribution in [0.15, 0.2) is 39.3 Å². The Morgan fingerprint density at radius 3 is 2.86 bits per heavy atom. The number of rotatable bonds is 2. The zero-order valence-corrected chi connectivity index (χ0v) is 9.55. The first-order valence-corrected chi connectivity index (χ1v) is 5.40. The molecule has 14 heavy (non-hydrogen) atoms. The molecule has 2 rings (SSSR count). The Kier molecular flexibility index (Phi) is 2.89. The van der Waals surface area contributed by atoms with Gasteiger partial charge in [0.2, 0.25) is 0 Å². The summed E-state index contributed by atoms with van der Waals surface area (Å²) < 4.78 is 6.03. The lowest BCUT2D eigenvalue weighted by Crippen LogP contribution is -1.75. The summed E-state index contributed by atoms with van der Waals surface area (Å²) in [5.74, 6) is 1.03. The zero-order valence-electron chi connectivity index (χ0n) is 7.21. The molecule has 0 unspecified atom stereocenters. The van der Waals surface area contributed by atoms with E-state index in [1.165, 1.54) is 0 Å². The molecule has 0 amide bonds. The molecule has 0 aliphatic heterocycles. The van der Waals surface area contributed by atoms with Gasteiger partial charge in [0.25, 0.3) is 0 Å². The third-order valence-corrected chi connectivity index (χ3v) is 2.57. The predicted octanol–water partition coefficient (Wildman–Crippen LogP) is 3.84. The Bertz CT molecular complexity index is 441. The standard InChI is InChI=1S/C10H7BrClNO/c11-8-3-1-2-7(4-8)10-5-9(6-12)14-13-10/h1-5H,6H2. The van der Waals surface area contributed by atoms with E-state index in [0.29, 0.717) is 11.6 Å². The van der Waals surface area contributed by atoms with E-state index in [1.807, 2.05) is 30.3 Å². The van der Waals surface area contributed by atoms with Gasteiger partial charge in [0, 0.05) is 16.1 Å². The first-order chi connectivity index (χ1) is 6.79. The van der Waals surface area contributed by atoms with Gasteiger partial charge in [-0.3, -0.25) is 0 Å². The molecule has 1 aromatic carbocycles. The van der Waals surface area contributed by atoms with Crippen LogP contribution >= 0.6 is 27.5 Å². The molecule has 2 nitrogen and oxygen atoms in total. The monoisotopic (exact) mass is 271 g/mol. The summed E-state index contributed by atoms with van der Waals surface area (Å²) in [6.07, 6.45) is 0. The Morgan fingerprint density at radius 2 is 2.21 bits per heavy atom. The maximum atomic E-state index is 5.62. The van der Waals surface area contributed by atoms with Crippen LogP contribution in [0.1, 0.15) is 5.76 Å². The predicted molar refractivity (Wildman–Crippen MR) is 59.2 cm³/mol. The Morgan fingerprint density at radius 1 is 1.36 bits per heavy atom. The fraction of sp³-hybridized carbons (Fsp3) is 0.100. The summed E-state index contributed by atoms with van der Waals surface area (Å²) in [6.45, 7) is 0. The van der Waals surface area contributed by atoms with E-state index in [4.69, 9.17) is 16.1 Å². The molecule has 0 fully saturated rings. The summed E-state index contributed by atoms with van der Waals surface area (Å²) >= 11 is 9.01. The van der Waals surface area contributed by atoms with Crippen molar-refractivity contribution < 1.29 is 4.52 Å². The maximum absolute atomic E-state index is 5.62. The van der Waals surface area contributed by atoms with Crippen molar-refractivity contribution in [1.29, 1.82) is 0 Å². The van der Waals surface area contributed by atoms with Crippen molar-refractivity contribution in [3.05, 3.63) is 40.6 Å². The minimum atomic E-state index is 0.348. The van der Waals surface area contributed by atoms with Gasteiger partial charge >= 0.3 is 0 Å². The highest BCUT2D eigenvalue weighted by atomic mass is 79.9. The van der Waals surface area contributed by atoms with Crippen LogP contribution in [0.2, 0.25) is 0 Å². The lowest BCUT2D eigenvalue weighted by atomic mass is 10.1. The number of halogens is 2. The van der Waals surface area contributed by atoms with Gasteiger partial charge in [-0.1, -0.05) is 33.2 Å². The maximum Gasteiger partial charge on any atom is 0.152 e. The average Bonchev–Trinajstić information content (AvgIpc) is 2.66. The molecule has 0 saturated heterocycles. The van der Waals surface area contributed by atoms with Crippen LogP contribution in [0.4, 0.5) is 0 Å². The van der Waals surface area contributed by atoms with Crippen LogP contribution in [0.5, 0.6) is 0 Å². The van der Waals surface area contributed by atoms with E-state index < -0.39 is 0 Å². The van der Waals surface area contributed by atoms with Gasteiger partial charge in [-0.15, -0.1) is 11.6 Å². The lowest BCUT2D eigenvalue weighted by molar-refractivity contribution is 0.396. The van der Waals surface area contributed by atoms with Crippen molar-refractivity contribution >= 4 is 27.5 Å². The largest absolute Gasteiger partial charge is 0.359 e. The lowest BCUT2D eigenvalue weighted by Gasteiger charge is -1.94. The average molecular weight is 273 g/mol. The third kappa shape index (κ3) is 1.99. The zero-order chi connectivity index (χ0) is 9.97. The topological polar surface area (TPSA) is 26.0 Å². The SMILES string of the molecule is ClCc1cc(-c2cccc(Br)c2)no1. The van der Waals surface area contributed by atoms with Crippen LogP contribution in [-0.2, 0) is 5.88 Å². The summed E-state index contributed by atoms with van der Waals surface area (Å²) in [6, 6.07) is 9.71. The minimum absolute atomic E-state index is 0.348. The molecule has 4 heteroatoms. The molecule has 0 spiro atoms. The first-order valence-electron chi connectivity index (χ1n) is 4.07. The molecular formula is C10H7BrClNO. The number of hydrogen-bond donors (Lipinski definition) is 0. The molecule has 1 heterocycles. The molecular weight excluding hydrogens is 265 g/mol. The summed E-state index contributed by atoms with van der Waals surface area (Å²) in [5.41, 5.74) is 1.82. The molecule has 72 valence electrons. The summed E-state index contributed by atoms with van der Waals surface area (Å²) in [7, 11) is 0. The summed E-state index contributed by atoms with van der Waals surface area (Å²) in [4.78, 5) is 0. The highest BCUT2D eigenvalue weighted by Gasteiger charge is 2.05. The van der Waals surface area contributed by atoms with Crippen LogP contribution in [0, 0.1) is 0 Å². The fourth-order valence-corrected chi connectivity index (χ4v) is 1.68. The van der Waals surface area contributed by atoms with Gasteiger partial charge in [-0.05, 0) is 12.1 Å². The van der Waals surface area contributed by atoms with Crippen molar-refractivity contribution in [3.8, 4) is 11.3 Å². The van der Waals surface area contributed by atoms with Crippen molar-refractivity contribution in [2.45, 2.75) is 5.88 Å². The minimum Gasteiger partial charge on any atom is -0.359 e. The number of aromatic nitrogens is 1. The third-order valence-electron chi connectivity index (χ3n) is 1.81. The van der Waals surface area contributed by atoms with E-state index in [0.717, 1.165) is 15.7 Å². The van der Waals surface area contributed by atoms with E-state index in [-0.39, 0.29) is 0 Å². The highest BCUT2D eigenvalue weighted by molar-refractivity contribution is 9.10. The molecule has 0 bridgehead atoms. The molecule has 2 aromatic rings. The molecule has 0 N–H and O–H groups in total. The van der Waals surface area contributed by atoms with Gasteiger partial charge < -0.3 is 4.52 Å². The van der Waals surface area contributed by atoms with E-state index in [2.05, 4.69) is 21.1 Å². The second-order valence-electron chi connectivity index (χ2n) is 2.82. The van der Waals surface area contributed by atoms with E-state index in [9.17, 15) is 0 Å². The molecule has 0 atom stereocenters. The van der Waals surface area contributed by atoms with Crippen LogP contribution in [0.25, 0.3) is 11.3 Å². The number of benzene rings is 1. The van der Waals surface area contributed by atoms with Gasteiger partial charge in [-0.2, -0.15) is 0 Å². The van der Waals surface area contributed by atoms with E-state index in [1.54, 1.807) is 0 Å². The number of nitrogens with zero attached hydrogens (tertiary/aromatic N) is 1. The Balaban J connectivity index is 2.39. The summed E-state index contributed by atoms with van der Waals surface area (Å²) in [5, 5.41) is 3.92. The Hall–Kier alpha value is -0.800. The van der Waals surface area contributed by atoms with Crippen molar-refractivity contribution in [2.24, 2.45) is 0 Å². The van der Waals surface area contributed by atoms with E-state index >= 15 is 0 Å². The molecule has 0 saturated carbocycles. The smallest absolute Gasteiger partial charge is 0.152 e. The number of alkyl halides is 1. The van der Waals surface area contributed by atoms with Gasteiger partial charge in [0.15, 0.2) is 5.76 Å². The van der Waals surface area contributed by atoms with Crippen molar-refractivity contribution in [1.82, 2.24) is 5.16 Å².